The Kier molecular flexibility index (Phi) is 11.6. The van der Waals surface area contributed by atoms with Crippen molar-refractivity contribution in [1.29, 1.82) is 5.26 Å². The fourth-order valence-electron chi connectivity index (χ4n) is 8.80. The lowest BCUT2D eigenvalue weighted by molar-refractivity contribution is -0.137. The minimum absolute atomic E-state index is 0.0295. The molecule has 274 valence electrons. The minimum atomic E-state index is -1.08. The van der Waals surface area contributed by atoms with Gasteiger partial charge in [0.25, 0.3) is 5.91 Å². The number of fused-ring (bicyclic) bond motifs is 1. The molecule has 3 saturated heterocycles. The normalized spacial score (nSPS) is 23.6. The number of para-hydroxylation sites is 1. The van der Waals surface area contributed by atoms with Crippen LogP contribution >= 0.6 is 10.5 Å². The molecule has 1 spiro atoms. The van der Waals surface area contributed by atoms with Crippen molar-refractivity contribution in [2.24, 2.45) is 17.8 Å². The summed E-state index contributed by atoms with van der Waals surface area (Å²) >= 11 is 0. The highest BCUT2D eigenvalue weighted by atomic mass is 32.2. The van der Waals surface area contributed by atoms with Gasteiger partial charge in [-0.05, 0) is 80.4 Å². The van der Waals surface area contributed by atoms with Crippen LogP contribution in [0.3, 0.4) is 0 Å². The van der Waals surface area contributed by atoms with Crippen LogP contribution in [0.1, 0.15) is 101 Å². The summed E-state index contributed by atoms with van der Waals surface area (Å²) in [6.07, 6.45) is 9.69. The van der Waals surface area contributed by atoms with E-state index in [1.807, 2.05) is 36.1 Å². The number of nitrogens with zero attached hydrogens (tertiary/aromatic N) is 2. The molecule has 2 aromatic rings. The lowest BCUT2D eigenvalue weighted by Crippen LogP contribution is -2.62. The van der Waals surface area contributed by atoms with Crippen LogP contribution in [-0.4, -0.2) is 86.4 Å². The van der Waals surface area contributed by atoms with E-state index in [-0.39, 0.29) is 34.9 Å². The van der Waals surface area contributed by atoms with E-state index in [9.17, 15) is 29.2 Å². The van der Waals surface area contributed by atoms with Gasteiger partial charge in [-0.3, -0.25) is 24.0 Å². The molecular formula is C39H52N6O5S. The number of rotatable bonds is 10. The molecule has 4 aliphatic rings. The summed E-state index contributed by atoms with van der Waals surface area (Å²) in [6.45, 7) is 4.75. The number of Topliss-reactive ketones (excluding diaryl/α,β-unsaturated/α-hetero) is 1. The second-order valence-electron chi connectivity index (χ2n) is 15.3. The summed E-state index contributed by atoms with van der Waals surface area (Å²) in [5.41, 5.74) is 0.762. The minimum Gasteiger partial charge on any atom is -0.351 e. The van der Waals surface area contributed by atoms with Gasteiger partial charge in [-0.1, -0.05) is 57.2 Å². The topological polar surface area (TPSA) is 164 Å². The van der Waals surface area contributed by atoms with Gasteiger partial charge >= 0.3 is 0 Å². The van der Waals surface area contributed by atoms with Crippen molar-refractivity contribution < 1.29 is 24.0 Å². The van der Waals surface area contributed by atoms with Crippen LogP contribution < -0.4 is 16.0 Å². The van der Waals surface area contributed by atoms with Crippen LogP contribution in [0.25, 0.3) is 10.9 Å². The van der Waals surface area contributed by atoms with Gasteiger partial charge in [-0.15, -0.1) is 0 Å². The van der Waals surface area contributed by atoms with E-state index in [4.69, 9.17) is 0 Å². The number of amides is 4. The number of benzene rings is 1. The Morgan fingerprint density at radius 2 is 1.71 bits per heavy atom. The van der Waals surface area contributed by atoms with E-state index >= 15 is 0 Å². The molecule has 4 N–H and O–H groups in total. The molecule has 3 aliphatic heterocycles. The van der Waals surface area contributed by atoms with Crippen molar-refractivity contribution in [3.8, 4) is 6.07 Å². The largest absolute Gasteiger partial charge is 0.351 e. The zero-order chi connectivity index (χ0) is 36.1. The molecular weight excluding hydrogens is 665 g/mol. The van der Waals surface area contributed by atoms with E-state index in [0.717, 1.165) is 67.4 Å². The van der Waals surface area contributed by atoms with Crippen molar-refractivity contribution in [2.45, 2.75) is 109 Å². The quantitative estimate of drug-likeness (QED) is 0.263. The molecule has 1 aromatic carbocycles. The molecule has 1 aliphatic carbocycles. The van der Waals surface area contributed by atoms with Gasteiger partial charge in [-0.2, -0.15) is 15.7 Å². The molecule has 6 rings (SSSR count). The van der Waals surface area contributed by atoms with Gasteiger partial charge < -0.3 is 25.8 Å². The van der Waals surface area contributed by atoms with E-state index < -0.39 is 51.6 Å². The van der Waals surface area contributed by atoms with Gasteiger partial charge in [-0.25, -0.2) is 0 Å². The van der Waals surface area contributed by atoms with E-state index in [0.29, 0.717) is 44.5 Å². The summed E-state index contributed by atoms with van der Waals surface area (Å²) in [6, 6.07) is 9.59. The van der Waals surface area contributed by atoms with Gasteiger partial charge in [0.2, 0.25) is 23.5 Å². The Hall–Kier alpha value is -3.98. The Bertz CT molecular complexity index is 1690. The van der Waals surface area contributed by atoms with Crippen LogP contribution in [0.5, 0.6) is 0 Å². The zero-order valence-electron chi connectivity index (χ0n) is 29.9. The predicted octanol–water partition coefficient (Wildman–Crippen LogP) is 4.59. The molecule has 4 fully saturated rings. The molecule has 0 radical (unpaired) electrons. The maximum atomic E-state index is 14.3. The van der Waals surface area contributed by atoms with Crippen molar-refractivity contribution in [3.63, 3.8) is 0 Å². The van der Waals surface area contributed by atoms with E-state index in [2.05, 4.69) is 27.0 Å². The van der Waals surface area contributed by atoms with Crippen molar-refractivity contribution >= 4 is 55.7 Å². The Labute approximate surface area is 303 Å². The Morgan fingerprint density at radius 1 is 1.00 bits per heavy atom. The number of ketones is 1. The molecule has 12 heteroatoms. The summed E-state index contributed by atoms with van der Waals surface area (Å²) in [7, 11) is -0.481. The number of hydrogen-bond acceptors (Lipinski definition) is 6. The van der Waals surface area contributed by atoms with Crippen LogP contribution in [0.15, 0.2) is 30.3 Å². The molecule has 4 heterocycles. The first-order valence-electron chi connectivity index (χ1n) is 18.8. The highest BCUT2D eigenvalue weighted by molar-refractivity contribution is 8.17. The number of carbonyl (C=O) groups is 5. The molecule has 1 saturated carbocycles. The lowest BCUT2D eigenvalue weighted by Gasteiger charge is -2.48. The van der Waals surface area contributed by atoms with Crippen LogP contribution in [-0.2, 0) is 19.2 Å². The monoisotopic (exact) mass is 716 g/mol. The molecule has 4 atom stereocenters. The molecule has 11 nitrogen and oxygen atoms in total. The van der Waals surface area contributed by atoms with Crippen molar-refractivity contribution in [1.82, 2.24) is 25.8 Å². The number of nitriles is 1. The lowest BCUT2D eigenvalue weighted by atomic mass is 9.70. The molecule has 1 unspecified atom stereocenters. The summed E-state index contributed by atoms with van der Waals surface area (Å²) in [4.78, 5) is 73.2. The third kappa shape index (κ3) is 8.57. The Morgan fingerprint density at radius 3 is 2.35 bits per heavy atom. The number of nitrogens with one attached hydrogen (secondary N) is 4. The fourth-order valence-corrected chi connectivity index (χ4v) is 11.1. The van der Waals surface area contributed by atoms with Crippen molar-refractivity contribution in [3.05, 3.63) is 36.0 Å². The molecule has 1 aromatic heterocycles. The SMILES string of the molecule is CC(=O)N1CCC2(CC1)CC(C)[C@@H](C[C@H](NC(=O)[C@H](CC1CCCCC1)NC(=O)c1cc3ccccc3[nH]1)C(=O)C(C#N)=S1CCCC1)C(=O)N2. The Balaban J connectivity index is 1.23. The second kappa shape index (κ2) is 16.1. The standard InChI is InChI=1S/C39H52N6O5S/c1-25-23-39(14-16-45(17-15-39)26(2)46)44-36(48)29(25)22-31(35(47)34(24-40)51-18-8-9-19-51)42-37(49)32(20-27-10-4-3-5-11-27)43-38(50)33-21-28-12-6-7-13-30(28)41-33/h6-7,12-13,21,25,27,29,31-32,41H,3-5,8-11,14-20,22-23H2,1-2H3,(H,42,49)(H,43,50)(H,44,48)/t25?,29-,31+,32+/m1/s1. The van der Waals surface area contributed by atoms with Gasteiger partial charge in [0.1, 0.15) is 22.7 Å². The van der Waals surface area contributed by atoms with Crippen LogP contribution in [0.2, 0.25) is 0 Å². The number of likely N-dealkylation sites (tertiary alicyclic amines) is 1. The number of aromatic nitrogens is 1. The summed E-state index contributed by atoms with van der Waals surface area (Å²) < 4.78 is 0. The molecule has 51 heavy (non-hydrogen) atoms. The molecule has 0 bridgehead atoms. The summed E-state index contributed by atoms with van der Waals surface area (Å²) in [5, 5.41) is 20.4. The first-order valence-corrected chi connectivity index (χ1v) is 20.4. The zero-order valence-corrected chi connectivity index (χ0v) is 30.7. The van der Waals surface area contributed by atoms with Crippen LogP contribution in [0.4, 0.5) is 0 Å². The number of hydrogen-bond donors (Lipinski definition) is 4. The fraction of sp³-hybridized carbons (Fsp3) is 0.615. The number of piperidine rings is 2. The summed E-state index contributed by atoms with van der Waals surface area (Å²) in [5.74, 6) is -0.246. The van der Waals surface area contributed by atoms with Crippen molar-refractivity contribution in [2.75, 3.05) is 24.6 Å². The average molecular weight is 717 g/mol. The highest BCUT2D eigenvalue weighted by Crippen LogP contribution is 2.38. The number of carbonyl (C=O) groups excluding carboxylic acids is 5. The first kappa shape index (κ1) is 36.8. The number of H-pyrrole nitrogens is 1. The average Bonchev–Trinajstić information content (AvgIpc) is 3.81. The first-order chi connectivity index (χ1) is 24.6. The third-order valence-electron chi connectivity index (χ3n) is 11.7. The van der Waals surface area contributed by atoms with Gasteiger partial charge in [0.05, 0.1) is 6.04 Å². The van der Waals surface area contributed by atoms with Crippen LogP contribution in [0, 0.1) is 29.1 Å². The van der Waals surface area contributed by atoms with Gasteiger partial charge in [0.15, 0.2) is 0 Å². The van der Waals surface area contributed by atoms with E-state index in [1.54, 1.807) is 13.0 Å². The predicted molar refractivity (Wildman–Crippen MR) is 199 cm³/mol. The van der Waals surface area contributed by atoms with E-state index in [1.165, 1.54) is 0 Å². The van der Waals surface area contributed by atoms with Gasteiger partial charge in [0, 0.05) is 42.4 Å². The number of aromatic amines is 1. The molecule has 4 amide bonds. The highest BCUT2D eigenvalue weighted by Gasteiger charge is 2.47. The smallest absolute Gasteiger partial charge is 0.268 e. The third-order valence-corrected chi connectivity index (χ3v) is 14.2. The maximum absolute atomic E-state index is 14.3. The maximum Gasteiger partial charge on any atom is 0.268 e. The second-order valence-corrected chi connectivity index (χ2v) is 17.5.